The highest BCUT2D eigenvalue weighted by molar-refractivity contribution is 7.92. The molecule has 96 valence electrons. The quantitative estimate of drug-likeness (QED) is 0.727. The van der Waals surface area contributed by atoms with E-state index in [1.807, 2.05) is 6.92 Å². The molecule has 4 N–H and O–H groups in total. The van der Waals surface area contributed by atoms with Crippen LogP contribution in [0, 0.1) is 0 Å². The number of hydrogen-bond acceptors (Lipinski definition) is 4. The maximum Gasteiger partial charge on any atom is 0.278 e. The van der Waals surface area contributed by atoms with Crippen LogP contribution < -0.4 is 10.5 Å². The lowest BCUT2D eigenvalue weighted by atomic mass is 10.3. The predicted octanol–water partition coefficient (Wildman–Crippen LogP) is 1.36. The molecule has 0 unspecified atom stereocenters. The van der Waals surface area contributed by atoms with Gasteiger partial charge in [0.1, 0.15) is 5.82 Å². The largest absolute Gasteiger partial charge is 0.399 e. The van der Waals surface area contributed by atoms with Gasteiger partial charge in [-0.3, -0.25) is 4.72 Å². The number of nitrogens with one attached hydrogen (secondary N) is 2. The number of aryl methyl sites for hydroxylation is 1. The number of aromatic nitrogens is 2. The summed E-state index contributed by atoms with van der Waals surface area (Å²) >= 11 is 0. The van der Waals surface area contributed by atoms with Gasteiger partial charge in [0.05, 0.1) is 11.9 Å². The molecular formula is C11H14N4O2S. The van der Waals surface area contributed by atoms with E-state index in [2.05, 4.69) is 14.7 Å². The predicted molar refractivity (Wildman–Crippen MR) is 69.6 cm³/mol. The average Bonchev–Trinajstić information content (AvgIpc) is 2.77. The van der Waals surface area contributed by atoms with Crippen molar-refractivity contribution in [3.8, 4) is 0 Å². The molecule has 0 bridgehead atoms. The van der Waals surface area contributed by atoms with E-state index in [9.17, 15) is 8.42 Å². The summed E-state index contributed by atoms with van der Waals surface area (Å²) in [5, 5.41) is 0.0433. The van der Waals surface area contributed by atoms with Crippen LogP contribution in [-0.2, 0) is 16.4 Å². The van der Waals surface area contributed by atoms with Crippen LogP contribution >= 0.6 is 0 Å². The summed E-state index contributed by atoms with van der Waals surface area (Å²) in [5.41, 5.74) is 6.50. The number of nitrogens with two attached hydrogens (primary N) is 1. The molecule has 0 aliphatic heterocycles. The summed E-state index contributed by atoms with van der Waals surface area (Å²) in [7, 11) is -3.64. The SMILES string of the molecule is CCc1ncc(S(=O)(=O)Nc2cccc(N)c2)[nH]1. The fourth-order valence-electron chi connectivity index (χ4n) is 1.47. The Kier molecular flexibility index (Phi) is 3.24. The summed E-state index contributed by atoms with van der Waals surface area (Å²) in [6, 6.07) is 6.54. The first-order chi connectivity index (χ1) is 8.51. The van der Waals surface area contributed by atoms with Crippen LogP contribution in [0.2, 0.25) is 0 Å². The topological polar surface area (TPSA) is 101 Å². The average molecular weight is 266 g/mol. The molecule has 7 heteroatoms. The first-order valence-electron chi connectivity index (χ1n) is 5.43. The third-order valence-electron chi connectivity index (χ3n) is 2.37. The summed E-state index contributed by atoms with van der Waals surface area (Å²) in [6.45, 7) is 1.89. The molecule has 1 heterocycles. The van der Waals surface area contributed by atoms with Crippen molar-refractivity contribution in [1.82, 2.24) is 9.97 Å². The standard InChI is InChI=1S/C11H14N4O2S/c1-2-10-13-7-11(14-10)18(16,17)15-9-5-3-4-8(12)6-9/h3-7,15H,2,12H2,1H3,(H,13,14). The molecule has 2 rings (SSSR count). The smallest absolute Gasteiger partial charge is 0.278 e. The fraction of sp³-hybridized carbons (Fsp3) is 0.182. The number of benzene rings is 1. The van der Waals surface area contributed by atoms with Crippen LogP contribution in [0.5, 0.6) is 0 Å². The van der Waals surface area contributed by atoms with Crippen molar-refractivity contribution in [3.63, 3.8) is 0 Å². The summed E-state index contributed by atoms with van der Waals surface area (Å²) in [5.74, 6) is 0.628. The highest BCUT2D eigenvalue weighted by Gasteiger charge is 2.16. The van der Waals surface area contributed by atoms with Crippen molar-refractivity contribution < 1.29 is 8.42 Å². The molecule has 2 aromatic rings. The van der Waals surface area contributed by atoms with E-state index < -0.39 is 10.0 Å². The molecule has 0 saturated carbocycles. The van der Waals surface area contributed by atoms with Gasteiger partial charge in [-0.15, -0.1) is 0 Å². The number of nitrogen functional groups attached to an aromatic ring is 1. The molecule has 18 heavy (non-hydrogen) atoms. The van der Waals surface area contributed by atoms with Gasteiger partial charge < -0.3 is 10.7 Å². The van der Waals surface area contributed by atoms with Crippen molar-refractivity contribution in [3.05, 3.63) is 36.3 Å². The Bertz CT molecular complexity index is 649. The number of H-pyrrole nitrogens is 1. The monoisotopic (exact) mass is 266 g/mol. The second-order valence-electron chi connectivity index (χ2n) is 3.78. The van der Waals surface area contributed by atoms with E-state index in [0.717, 1.165) is 0 Å². The van der Waals surface area contributed by atoms with E-state index in [1.165, 1.54) is 6.20 Å². The van der Waals surface area contributed by atoms with Gasteiger partial charge >= 0.3 is 0 Å². The first-order valence-corrected chi connectivity index (χ1v) is 6.92. The lowest BCUT2D eigenvalue weighted by Gasteiger charge is -2.06. The van der Waals surface area contributed by atoms with Crippen LogP contribution in [0.3, 0.4) is 0 Å². The zero-order valence-electron chi connectivity index (χ0n) is 9.84. The minimum Gasteiger partial charge on any atom is -0.399 e. The van der Waals surface area contributed by atoms with Crippen LogP contribution in [-0.4, -0.2) is 18.4 Å². The lowest BCUT2D eigenvalue weighted by molar-refractivity contribution is 0.598. The van der Waals surface area contributed by atoms with E-state index in [-0.39, 0.29) is 5.03 Å². The molecule has 0 atom stereocenters. The van der Waals surface area contributed by atoms with Crippen LogP contribution in [0.15, 0.2) is 35.5 Å². The second kappa shape index (κ2) is 4.69. The van der Waals surface area contributed by atoms with E-state index >= 15 is 0 Å². The Hall–Kier alpha value is -2.02. The van der Waals surface area contributed by atoms with E-state index in [0.29, 0.717) is 23.6 Å². The molecule has 0 amide bonds. The van der Waals surface area contributed by atoms with Crippen molar-refractivity contribution in [2.24, 2.45) is 0 Å². The highest BCUT2D eigenvalue weighted by atomic mass is 32.2. The molecule has 0 aliphatic rings. The van der Waals surface area contributed by atoms with Crippen molar-refractivity contribution in [2.45, 2.75) is 18.4 Å². The molecule has 1 aromatic carbocycles. The molecule has 0 radical (unpaired) electrons. The van der Waals surface area contributed by atoms with Crippen LogP contribution in [0.4, 0.5) is 11.4 Å². The first kappa shape index (κ1) is 12.4. The van der Waals surface area contributed by atoms with Gasteiger partial charge in [-0.25, -0.2) is 4.98 Å². The van der Waals surface area contributed by atoms with Gasteiger partial charge in [0, 0.05) is 12.1 Å². The van der Waals surface area contributed by atoms with Gasteiger partial charge in [-0.1, -0.05) is 13.0 Å². The Morgan fingerprint density at radius 1 is 1.44 bits per heavy atom. The molecule has 0 aliphatic carbocycles. The maximum atomic E-state index is 12.0. The maximum absolute atomic E-state index is 12.0. The number of anilines is 2. The Balaban J connectivity index is 2.27. The zero-order chi connectivity index (χ0) is 13.2. The summed E-state index contributed by atoms with van der Waals surface area (Å²) in [6.07, 6.45) is 1.95. The van der Waals surface area contributed by atoms with Gasteiger partial charge in [0.2, 0.25) is 0 Å². The van der Waals surface area contributed by atoms with Crippen molar-refractivity contribution >= 4 is 21.4 Å². The Morgan fingerprint density at radius 3 is 2.83 bits per heavy atom. The fourth-order valence-corrected chi connectivity index (χ4v) is 2.46. The number of nitrogens with zero attached hydrogens (tertiary/aromatic N) is 1. The minimum absolute atomic E-state index is 0.0433. The van der Waals surface area contributed by atoms with Crippen LogP contribution in [0.1, 0.15) is 12.7 Å². The molecule has 0 spiro atoms. The normalized spacial score (nSPS) is 11.4. The number of aromatic amines is 1. The van der Waals surface area contributed by atoms with Gasteiger partial charge in [-0.2, -0.15) is 8.42 Å². The number of imidazole rings is 1. The van der Waals surface area contributed by atoms with Crippen molar-refractivity contribution in [1.29, 1.82) is 0 Å². The van der Waals surface area contributed by atoms with E-state index in [1.54, 1.807) is 24.3 Å². The highest BCUT2D eigenvalue weighted by Crippen LogP contribution is 2.16. The second-order valence-corrected chi connectivity index (χ2v) is 5.43. The van der Waals surface area contributed by atoms with Gasteiger partial charge in [-0.05, 0) is 18.2 Å². The van der Waals surface area contributed by atoms with Gasteiger partial charge in [0.15, 0.2) is 5.03 Å². The molecule has 0 saturated heterocycles. The number of sulfonamides is 1. The summed E-state index contributed by atoms with van der Waals surface area (Å²) < 4.78 is 26.5. The Labute approximate surface area is 105 Å². The summed E-state index contributed by atoms with van der Waals surface area (Å²) in [4.78, 5) is 6.71. The lowest BCUT2D eigenvalue weighted by Crippen LogP contribution is -2.13. The minimum atomic E-state index is -3.64. The van der Waals surface area contributed by atoms with E-state index in [4.69, 9.17) is 5.73 Å². The van der Waals surface area contributed by atoms with Gasteiger partial charge in [0.25, 0.3) is 10.0 Å². The Morgan fingerprint density at radius 2 is 2.22 bits per heavy atom. The number of hydrogen-bond donors (Lipinski definition) is 3. The molecule has 1 aromatic heterocycles. The third kappa shape index (κ3) is 2.62. The van der Waals surface area contributed by atoms with Crippen molar-refractivity contribution in [2.75, 3.05) is 10.5 Å². The number of rotatable bonds is 4. The molecule has 0 fully saturated rings. The van der Waals surface area contributed by atoms with Crippen LogP contribution in [0.25, 0.3) is 0 Å². The molecule has 6 nitrogen and oxygen atoms in total. The zero-order valence-corrected chi connectivity index (χ0v) is 10.7. The molecular weight excluding hydrogens is 252 g/mol. The third-order valence-corrected chi connectivity index (χ3v) is 3.66.